The molecule has 2 aliphatic rings. The number of ether oxygens (including phenoxy) is 1. The van der Waals surface area contributed by atoms with Crippen LogP contribution < -0.4 is 9.62 Å². The summed E-state index contributed by atoms with van der Waals surface area (Å²) in [5, 5.41) is 2.96. The van der Waals surface area contributed by atoms with E-state index in [1.54, 1.807) is 34.5 Å². The summed E-state index contributed by atoms with van der Waals surface area (Å²) in [6, 6.07) is 11.5. The molecule has 0 unspecified atom stereocenters. The molecule has 1 N–H and O–H groups in total. The number of anilines is 2. The van der Waals surface area contributed by atoms with E-state index < -0.39 is 10.0 Å². The molecule has 2 aromatic carbocycles. The van der Waals surface area contributed by atoms with E-state index in [1.807, 2.05) is 6.07 Å². The largest absolute Gasteiger partial charge is 0.371 e. The van der Waals surface area contributed by atoms with Gasteiger partial charge in [0, 0.05) is 36.9 Å². The normalized spacial score (nSPS) is 21.4. The smallest absolute Gasteiger partial charge is 0.263 e. The van der Waals surface area contributed by atoms with Gasteiger partial charge < -0.3 is 9.64 Å². The van der Waals surface area contributed by atoms with E-state index in [0.29, 0.717) is 53.5 Å². The molecule has 0 spiro atoms. The van der Waals surface area contributed by atoms with E-state index in [2.05, 4.69) is 14.6 Å². The van der Waals surface area contributed by atoms with Gasteiger partial charge in [-0.25, -0.2) is 13.4 Å². The van der Waals surface area contributed by atoms with Crippen molar-refractivity contribution < 1.29 is 17.9 Å². The summed E-state index contributed by atoms with van der Waals surface area (Å²) in [6.45, 7) is 2.29. The van der Waals surface area contributed by atoms with Crippen molar-refractivity contribution in [2.24, 2.45) is 0 Å². The number of rotatable bonds is 6. The molecule has 2 fully saturated rings. The number of hydrogen-bond donors (Lipinski definition) is 1. The second-order valence-electron chi connectivity index (χ2n) is 8.26. The Hall–Kier alpha value is -2.21. The predicted molar refractivity (Wildman–Crippen MR) is 137 cm³/mol. The van der Waals surface area contributed by atoms with Crippen molar-refractivity contribution in [3.63, 3.8) is 0 Å². The van der Waals surface area contributed by atoms with Crippen LogP contribution in [-0.2, 0) is 19.6 Å². The van der Waals surface area contributed by atoms with Gasteiger partial charge in [0.15, 0.2) is 5.13 Å². The zero-order valence-corrected chi connectivity index (χ0v) is 21.6. The molecular formula is C23H22Cl2N4O4S2. The molecule has 0 aliphatic carbocycles. The van der Waals surface area contributed by atoms with Crippen molar-refractivity contribution in [2.45, 2.75) is 23.5 Å². The zero-order chi connectivity index (χ0) is 24.6. The highest BCUT2D eigenvalue weighted by Gasteiger charge is 2.39. The van der Waals surface area contributed by atoms with Gasteiger partial charge in [0.1, 0.15) is 0 Å². The third-order valence-corrected chi connectivity index (χ3v) is 9.06. The lowest BCUT2D eigenvalue weighted by atomic mass is 10.1. The zero-order valence-electron chi connectivity index (χ0n) is 18.4. The van der Waals surface area contributed by atoms with Gasteiger partial charge in [-0.1, -0.05) is 29.3 Å². The molecule has 184 valence electrons. The Bertz CT molecular complexity index is 1320. The summed E-state index contributed by atoms with van der Waals surface area (Å²) in [7, 11) is -3.75. The molecule has 12 heteroatoms. The van der Waals surface area contributed by atoms with Crippen LogP contribution in [0, 0.1) is 0 Å². The molecule has 2 atom stereocenters. The van der Waals surface area contributed by atoms with Gasteiger partial charge in [-0.3, -0.25) is 14.4 Å². The second kappa shape index (κ2) is 10.0. The molecule has 0 bridgehead atoms. The molecule has 0 radical (unpaired) electrons. The second-order valence-corrected chi connectivity index (χ2v) is 11.7. The number of hydrogen-bond acceptors (Lipinski definition) is 7. The minimum atomic E-state index is -3.75. The van der Waals surface area contributed by atoms with Gasteiger partial charge in [0.2, 0.25) is 5.91 Å². The van der Waals surface area contributed by atoms with Crippen LogP contribution >= 0.6 is 34.5 Å². The fourth-order valence-corrected chi connectivity index (χ4v) is 6.47. The Kier molecular flexibility index (Phi) is 7.02. The third-order valence-electron chi connectivity index (χ3n) is 6.14. The van der Waals surface area contributed by atoms with Crippen molar-refractivity contribution in [1.82, 2.24) is 9.88 Å². The quantitative estimate of drug-likeness (QED) is 0.486. The molecule has 0 saturated carbocycles. The minimum Gasteiger partial charge on any atom is -0.371 e. The van der Waals surface area contributed by atoms with E-state index in [1.165, 1.54) is 29.7 Å². The first-order valence-electron chi connectivity index (χ1n) is 11.0. The molecule has 8 nitrogen and oxygen atoms in total. The predicted octanol–water partition coefficient (Wildman–Crippen LogP) is 4.43. The summed E-state index contributed by atoms with van der Waals surface area (Å²) in [5.74, 6) is -0.00342. The number of nitrogens with zero attached hydrogens (tertiary/aromatic N) is 3. The van der Waals surface area contributed by atoms with Crippen molar-refractivity contribution >= 4 is 61.3 Å². The molecule has 1 aromatic heterocycles. The van der Waals surface area contributed by atoms with Crippen molar-refractivity contribution in [3.8, 4) is 0 Å². The lowest BCUT2D eigenvalue weighted by Gasteiger charge is -2.36. The molecule has 2 aliphatic heterocycles. The average Bonchev–Trinajstić information content (AvgIpc) is 3.50. The van der Waals surface area contributed by atoms with Crippen LogP contribution in [0.2, 0.25) is 10.0 Å². The minimum absolute atomic E-state index is 0.00342. The summed E-state index contributed by atoms with van der Waals surface area (Å²) >= 11 is 13.4. The molecule has 3 heterocycles. The number of morpholine rings is 1. The topological polar surface area (TPSA) is 91.8 Å². The van der Waals surface area contributed by atoms with Crippen LogP contribution in [0.25, 0.3) is 0 Å². The Morgan fingerprint density at radius 3 is 2.60 bits per heavy atom. The Balaban J connectivity index is 1.26. The maximum absolute atomic E-state index is 13.3. The highest BCUT2D eigenvalue weighted by atomic mass is 35.5. The first-order chi connectivity index (χ1) is 16.8. The van der Waals surface area contributed by atoms with Crippen molar-refractivity contribution in [1.29, 1.82) is 0 Å². The Morgan fingerprint density at radius 2 is 1.89 bits per heavy atom. The lowest BCUT2D eigenvalue weighted by molar-refractivity contribution is -0.125. The Labute approximate surface area is 217 Å². The summed E-state index contributed by atoms with van der Waals surface area (Å²) in [5.41, 5.74) is 1.59. The van der Waals surface area contributed by atoms with Crippen LogP contribution in [0.15, 0.2) is 58.9 Å². The highest BCUT2D eigenvalue weighted by molar-refractivity contribution is 7.93. The molecular weight excluding hydrogens is 531 g/mol. The third kappa shape index (κ3) is 5.18. The van der Waals surface area contributed by atoms with Crippen molar-refractivity contribution in [2.75, 3.05) is 35.9 Å². The Morgan fingerprint density at radius 1 is 1.09 bits per heavy atom. The van der Waals surface area contributed by atoms with Crippen molar-refractivity contribution in [3.05, 3.63) is 69.7 Å². The molecule has 35 heavy (non-hydrogen) atoms. The van der Waals surface area contributed by atoms with Crippen LogP contribution in [0.1, 0.15) is 18.1 Å². The van der Waals surface area contributed by atoms with E-state index in [-0.39, 0.29) is 22.9 Å². The number of aromatic nitrogens is 1. The highest BCUT2D eigenvalue weighted by Crippen LogP contribution is 2.32. The van der Waals surface area contributed by atoms with Gasteiger partial charge in [-0.05, 0) is 48.4 Å². The summed E-state index contributed by atoms with van der Waals surface area (Å²) in [6.07, 6.45) is 2.01. The van der Waals surface area contributed by atoms with Crippen LogP contribution in [-0.4, -0.2) is 56.5 Å². The summed E-state index contributed by atoms with van der Waals surface area (Å²) in [4.78, 5) is 21.2. The van der Waals surface area contributed by atoms with E-state index in [9.17, 15) is 13.2 Å². The fourth-order valence-electron chi connectivity index (χ4n) is 4.38. The number of sulfonamides is 1. The van der Waals surface area contributed by atoms with Crippen LogP contribution in [0.5, 0.6) is 0 Å². The van der Waals surface area contributed by atoms with Crippen LogP contribution in [0.3, 0.4) is 0 Å². The van der Waals surface area contributed by atoms with E-state index >= 15 is 0 Å². The first kappa shape index (κ1) is 24.5. The summed E-state index contributed by atoms with van der Waals surface area (Å²) < 4.78 is 33.6. The molecule has 5 rings (SSSR count). The number of carbonyl (C=O) groups is 1. The van der Waals surface area contributed by atoms with E-state index in [0.717, 1.165) is 5.56 Å². The van der Waals surface area contributed by atoms with Gasteiger partial charge in [0.25, 0.3) is 10.0 Å². The van der Waals surface area contributed by atoms with Gasteiger partial charge >= 0.3 is 0 Å². The monoisotopic (exact) mass is 552 g/mol. The van der Waals surface area contributed by atoms with E-state index in [4.69, 9.17) is 27.9 Å². The number of thiazole rings is 1. The number of carbonyl (C=O) groups excluding carboxylic acids is 1. The lowest BCUT2D eigenvalue weighted by Crippen LogP contribution is -2.48. The molecule has 1 amide bonds. The number of benzene rings is 2. The maximum atomic E-state index is 13.3. The maximum Gasteiger partial charge on any atom is 0.263 e. The fraction of sp³-hybridized carbons (Fsp3) is 0.304. The standard InChI is InChI=1S/C23H22Cl2N4O4S2/c24-18-6-1-15(13-19(18)25)21-14-28(10-11-33-21)20-7-9-29(22(20)30)16-2-4-17(5-3-16)35(31,32)27-23-26-8-12-34-23/h1-6,8,12-13,20-21H,7,9-11,14H2,(H,26,27)/t20-,21+/m0/s1. The van der Waals surface area contributed by atoms with Crippen LogP contribution in [0.4, 0.5) is 10.8 Å². The molecule has 2 saturated heterocycles. The first-order valence-corrected chi connectivity index (χ1v) is 14.1. The van der Waals surface area contributed by atoms with Gasteiger partial charge in [0.05, 0.1) is 33.7 Å². The SMILES string of the molecule is O=C1[C@@H](N2CCO[C@@H](c3ccc(Cl)c(Cl)c3)C2)CCN1c1ccc(S(=O)(=O)Nc2nccs2)cc1. The molecule has 3 aromatic rings. The number of halogens is 2. The number of amides is 1. The van der Waals surface area contributed by atoms with Gasteiger partial charge in [-0.2, -0.15) is 0 Å². The average molecular weight is 553 g/mol. The number of nitrogens with one attached hydrogen (secondary N) is 1. The van der Waals surface area contributed by atoms with Gasteiger partial charge in [-0.15, -0.1) is 11.3 Å².